The van der Waals surface area contributed by atoms with Crippen LogP contribution in [0.1, 0.15) is 66.7 Å². The van der Waals surface area contributed by atoms with E-state index < -0.39 is 0 Å². The molecular weight excluding hydrogens is 212 g/mol. The van der Waals surface area contributed by atoms with Crippen molar-refractivity contribution in [2.24, 2.45) is 5.41 Å². The third kappa shape index (κ3) is 3.11. The van der Waals surface area contributed by atoms with Crippen LogP contribution in [0.4, 0.5) is 0 Å². The second kappa shape index (κ2) is 5.24. The van der Waals surface area contributed by atoms with Crippen molar-refractivity contribution in [2.45, 2.75) is 72.3 Å². The molecule has 0 heterocycles. The fourth-order valence-electron chi connectivity index (χ4n) is 2.50. The summed E-state index contributed by atoms with van der Waals surface area (Å²) in [6.45, 7) is 10.2. The minimum absolute atomic E-state index is 0.0110. The topological polar surface area (TPSA) is 26.3 Å². The Morgan fingerprint density at radius 1 is 1.18 bits per heavy atom. The smallest absolute Gasteiger partial charge is 0.333 e. The first-order chi connectivity index (χ1) is 7.82. The third-order valence-electron chi connectivity index (χ3n) is 4.07. The Balaban J connectivity index is 2.89. The molecule has 0 N–H and O–H groups in total. The lowest BCUT2D eigenvalue weighted by molar-refractivity contribution is -0.174. The predicted molar refractivity (Wildman–Crippen MR) is 70.8 cm³/mol. The standard InChI is InChI=1S/C15H26O2/c1-6-12(2)13(16)17-15(14(3,4)5)10-8-7-9-11-15/h6H,7-11H2,1-5H3. The molecule has 1 saturated carbocycles. The van der Waals surface area contributed by atoms with Crippen LogP contribution < -0.4 is 0 Å². The maximum absolute atomic E-state index is 12.0. The lowest BCUT2D eigenvalue weighted by Gasteiger charge is -2.46. The number of allylic oxidation sites excluding steroid dienone is 1. The summed E-state index contributed by atoms with van der Waals surface area (Å²) in [6.07, 6.45) is 7.41. The highest BCUT2D eigenvalue weighted by Gasteiger charge is 2.46. The van der Waals surface area contributed by atoms with Gasteiger partial charge in [-0.1, -0.05) is 33.3 Å². The van der Waals surface area contributed by atoms with Crippen LogP contribution in [0.2, 0.25) is 0 Å². The third-order valence-corrected chi connectivity index (χ3v) is 4.07. The van der Waals surface area contributed by atoms with E-state index in [1.807, 2.05) is 19.9 Å². The van der Waals surface area contributed by atoms with Crippen LogP contribution in [-0.4, -0.2) is 11.6 Å². The van der Waals surface area contributed by atoms with E-state index in [-0.39, 0.29) is 17.0 Å². The minimum atomic E-state index is -0.271. The average Bonchev–Trinajstić information content (AvgIpc) is 2.27. The molecule has 17 heavy (non-hydrogen) atoms. The van der Waals surface area contributed by atoms with Gasteiger partial charge in [-0.15, -0.1) is 0 Å². The summed E-state index contributed by atoms with van der Waals surface area (Å²) < 4.78 is 5.89. The monoisotopic (exact) mass is 238 g/mol. The van der Waals surface area contributed by atoms with Gasteiger partial charge in [0.2, 0.25) is 0 Å². The van der Waals surface area contributed by atoms with Crippen LogP contribution in [0.3, 0.4) is 0 Å². The van der Waals surface area contributed by atoms with E-state index in [0.29, 0.717) is 5.57 Å². The highest BCUT2D eigenvalue weighted by molar-refractivity contribution is 5.88. The molecule has 1 aliphatic rings. The summed E-state index contributed by atoms with van der Waals surface area (Å²) in [5.74, 6) is -0.149. The zero-order valence-electron chi connectivity index (χ0n) is 11.9. The van der Waals surface area contributed by atoms with Gasteiger partial charge in [0.05, 0.1) is 0 Å². The van der Waals surface area contributed by atoms with Crippen molar-refractivity contribution in [3.8, 4) is 0 Å². The van der Waals surface area contributed by atoms with Crippen LogP contribution in [-0.2, 0) is 9.53 Å². The number of carbonyl (C=O) groups excluding carboxylic acids is 1. The van der Waals surface area contributed by atoms with E-state index in [2.05, 4.69) is 20.8 Å². The van der Waals surface area contributed by atoms with Gasteiger partial charge in [0.1, 0.15) is 5.60 Å². The van der Waals surface area contributed by atoms with Crippen molar-refractivity contribution < 1.29 is 9.53 Å². The zero-order valence-corrected chi connectivity index (χ0v) is 11.9. The van der Waals surface area contributed by atoms with Crippen LogP contribution in [0.25, 0.3) is 0 Å². The van der Waals surface area contributed by atoms with Gasteiger partial charge in [-0.3, -0.25) is 0 Å². The molecule has 1 fully saturated rings. The van der Waals surface area contributed by atoms with E-state index in [1.165, 1.54) is 19.3 Å². The molecule has 1 rings (SSSR count). The maximum atomic E-state index is 12.0. The van der Waals surface area contributed by atoms with Gasteiger partial charge >= 0.3 is 5.97 Å². The molecule has 0 aliphatic heterocycles. The molecule has 0 aromatic rings. The Hall–Kier alpha value is -0.790. The Bertz CT molecular complexity index is 301. The normalized spacial score (nSPS) is 21.1. The van der Waals surface area contributed by atoms with Gasteiger partial charge in [-0.2, -0.15) is 0 Å². The van der Waals surface area contributed by atoms with E-state index in [0.717, 1.165) is 12.8 Å². The van der Waals surface area contributed by atoms with Gasteiger partial charge in [0, 0.05) is 11.0 Å². The van der Waals surface area contributed by atoms with Crippen molar-refractivity contribution in [1.82, 2.24) is 0 Å². The van der Waals surface area contributed by atoms with Gasteiger partial charge in [-0.05, 0) is 39.5 Å². The molecule has 2 heteroatoms. The van der Waals surface area contributed by atoms with E-state index in [1.54, 1.807) is 0 Å². The summed E-state index contributed by atoms with van der Waals surface area (Å²) in [6, 6.07) is 0. The second-order valence-electron chi connectivity index (χ2n) is 6.17. The fraction of sp³-hybridized carbons (Fsp3) is 0.800. The summed E-state index contributed by atoms with van der Waals surface area (Å²) in [7, 11) is 0. The first-order valence-corrected chi connectivity index (χ1v) is 6.69. The number of esters is 1. The van der Waals surface area contributed by atoms with Crippen LogP contribution in [0, 0.1) is 5.41 Å². The molecule has 0 aromatic carbocycles. The number of ether oxygens (including phenoxy) is 1. The van der Waals surface area contributed by atoms with Crippen LogP contribution in [0.5, 0.6) is 0 Å². The largest absolute Gasteiger partial charge is 0.455 e. The van der Waals surface area contributed by atoms with E-state index >= 15 is 0 Å². The van der Waals surface area contributed by atoms with Crippen molar-refractivity contribution >= 4 is 5.97 Å². The van der Waals surface area contributed by atoms with E-state index in [9.17, 15) is 4.79 Å². The lowest BCUT2D eigenvalue weighted by atomic mass is 9.68. The van der Waals surface area contributed by atoms with Crippen molar-refractivity contribution in [1.29, 1.82) is 0 Å². The fourth-order valence-corrected chi connectivity index (χ4v) is 2.50. The molecule has 2 nitrogen and oxygen atoms in total. The SMILES string of the molecule is CC=C(C)C(=O)OC1(C(C)(C)C)CCCCC1. The maximum Gasteiger partial charge on any atom is 0.333 e. The summed E-state index contributed by atoms with van der Waals surface area (Å²) in [5, 5.41) is 0. The van der Waals surface area contributed by atoms with Crippen molar-refractivity contribution in [2.75, 3.05) is 0 Å². The Labute approximate surface area is 105 Å². The van der Waals surface area contributed by atoms with Gasteiger partial charge < -0.3 is 4.74 Å². The lowest BCUT2D eigenvalue weighted by Crippen LogP contribution is -2.48. The number of hydrogen-bond donors (Lipinski definition) is 0. The molecule has 0 aromatic heterocycles. The number of carbonyl (C=O) groups is 1. The molecule has 0 saturated heterocycles. The number of hydrogen-bond acceptors (Lipinski definition) is 2. The van der Waals surface area contributed by atoms with Gasteiger partial charge in [-0.25, -0.2) is 4.79 Å². The summed E-state index contributed by atoms with van der Waals surface area (Å²) >= 11 is 0. The molecule has 0 radical (unpaired) electrons. The Kier molecular flexibility index (Phi) is 4.40. The quantitative estimate of drug-likeness (QED) is 0.531. The average molecular weight is 238 g/mol. The second-order valence-corrected chi connectivity index (χ2v) is 6.17. The van der Waals surface area contributed by atoms with Crippen molar-refractivity contribution in [3.05, 3.63) is 11.6 Å². The highest BCUT2D eigenvalue weighted by atomic mass is 16.6. The number of rotatable bonds is 2. The van der Waals surface area contributed by atoms with Crippen LogP contribution >= 0.6 is 0 Å². The molecule has 0 spiro atoms. The van der Waals surface area contributed by atoms with Gasteiger partial charge in [0.15, 0.2) is 0 Å². The molecule has 0 unspecified atom stereocenters. The minimum Gasteiger partial charge on any atom is -0.455 e. The van der Waals surface area contributed by atoms with Crippen LogP contribution in [0.15, 0.2) is 11.6 Å². The Morgan fingerprint density at radius 2 is 1.71 bits per heavy atom. The zero-order chi connectivity index (χ0) is 13.1. The molecule has 1 aliphatic carbocycles. The first-order valence-electron chi connectivity index (χ1n) is 6.69. The van der Waals surface area contributed by atoms with E-state index in [4.69, 9.17) is 4.74 Å². The molecule has 0 bridgehead atoms. The summed E-state index contributed by atoms with van der Waals surface area (Å²) in [5.41, 5.74) is 0.447. The first kappa shape index (κ1) is 14.3. The molecule has 0 atom stereocenters. The van der Waals surface area contributed by atoms with Crippen molar-refractivity contribution in [3.63, 3.8) is 0 Å². The summed E-state index contributed by atoms with van der Waals surface area (Å²) in [4.78, 5) is 12.0. The highest BCUT2D eigenvalue weighted by Crippen LogP contribution is 2.45. The van der Waals surface area contributed by atoms with Gasteiger partial charge in [0.25, 0.3) is 0 Å². The Morgan fingerprint density at radius 3 is 2.12 bits per heavy atom. The molecular formula is C15H26O2. The molecule has 98 valence electrons. The predicted octanol–water partition coefficient (Wildman–Crippen LogP) is 4.24. The molecule has 0 amide bonds.